The van der Waals surface area contributed by atoms with Crippen LogP contribution < -0.4 is 0 Å². The van der Waals surface area contributed by atoms with Gasteiger partial charge in [0.05, 0.1) is 23.6 Å². The van der Waals surface area contributed by atoms with E-state index in [1.54, 1.807) is 24.3 Å². The van der Waals surface area contributed by atoms with Crippen molar-refractivity contribution in [2.75, 3.05) is 26.3 Å². The highest BCUT2D eigenvalue weighted by Gasteiger charge is 2.26. The molecular weight excluding hydrogens is 392 g/mol. The molecule has 8 heteroatoms. The highest BCUT2D eigenvalue weighted by Crippen LogP contribution is 2.19. The average molecular weight is 412 g/mol. The fourth-order valence-corrected chi connectivity index (χ4v) is 4.61. The van der Waals surface area contributed by atoms with Crippen LogP contribution in [0, 0.1) is 0 Å². The van der Waals surface area contributed by atoms with Crippen LogP contribution in [0.3, 0.4) is 0 Å². The zero-order valence-corrected chi connectivity index (χ0v) is 16.5. The van der Waals surface area contributed by atoms with E-state index >= 15 is 0 Å². The second kappa shape index (κ2) is 8.28. The summed E-state index contributed by atoms with van der Waals surface area (Å²) in [5, 5.41) is 0.935. The molecule has 3 aromatic rings. The van der Waals surface area contributed by atoms with E-state index in [9.17, 15) is 13.2 Å². The molecule has 1 aliphatic heterocycles. The number of pyridine rings is 1. The lowest BCUT2D eigenvalue weighted by Crippen LogP contribution is -2.40. The molecule has 0 unspecified atom stereocenters. The fraction of sp³-hybridized carbons (Fsp3) is 0.238. The van der Waals surface area contributed by atoms with E-state index < -0.39 is 16.0 Å². The summed E-state index contributed by atoms with van der Waals surface area (Å²) in [6, 6.07) is 17.4. The van der Waals surface area contributed by atoms with Crippen molar-refractivity contribution in [3.8, 4) is 0 Å². The molecule has 1 fully saturated rings. The second-order valence-corrected chi connectivity index (χ2v) is 8.57. The van der Waals surface area contributed by atoms with Gasteiger partial charge in [0.1, 0.15) is 12.3 Å². The van der Waals surface area contributed by atoms with Gasteiger partial charge in [-0.25, -0.2) is 18.2 Å². The smallest absolute Gasteiger partial charge is 0.357 e. The van der Waals surface area contributed by atoms with Crippen molar-refractivity contribution < 1.29 is 22.7 Å². The zero-order chi connectivity index (χ0) is 20.3. The highest BCUT2D eigenvalue weighted by atomic mass is 32.2. The summed E-state index contributed by atoms with van der Waals surface area (Å²) in [7, 11) is -3.60. The van der Waals surface area contributed by atoms with Crippen LogP contribution in [-0.2, 0) is 26.1 Å². The van der Waals surface area contributed by atoms with Crippen LogP contribution in [0.15, 0.2) is 65.6 Å². The number of para-hydroxylation sites is 1. The number of esters is 1. The monoisotopic (exact) mass is 412 g/mol. The predicted octanol–water partition coefficient (Wildman–Crippen LogP) is 2.61. The van der Waals surface area contributed by atoms with E-state index in [4.69, 9.17) is 9.47 Å². The number of nitrogens with zero attached hydrogens (tertiary/aromatic N) is 2. The maximum absolute atomic E-state index is 12.8. The van der Waals surface area contributed by atoms with Crippen LogP contribution >= 0.6 is 0 Å². The van der Waals surface area contributed by atoms with Crippen LogP contribution in [0.5, 0.6) is 0 Å². The van der Waals surface area contributed by atoms with Gasteiger partial charge in [-0.3, -0.25) is 0 Å². The Kier molecular flexibility index (Phi) is 5.57. The summed E-state index contributed by atoms with van der Waals surface area (Å²) in [6.07, 6.45) is 0. The summed E-state index contributed by atoms with van der Waals surface area (Å²) in [4.78, 5) is 16.9. The number of ether oxygens (including phenoxy) is 2. The first-order valence-corrected chi connectivity index (χ1v) is 10.7. The molecule has 1 aliphatic rings. The van der Waals surface area contributed by atoms with E-state index in [2.05, 4.69) is 4.98 Å². The number of rotatable bonds is 5. The zero-order valence-electron chi connectivity index (χ0n) is 15.7. The van der Waals surface area contributed by atoms with Gasteiger partial charge in [-0.15, -0.1) is 0 Å². The summed E-state index contributed by atoms with van der Waals surface area (Å²) < 4.78 is 37.5. The largest absolute Gasteiger partial charge is 0.456 e. The number of carbonyl (C=O) groups is 1. The lowest BCUT2D eigenvalue weighted by atomic mass is 10.2. The summed E-state index contributed by atoms with van der Waals surface area (Å²) in [6.45, 7) is 1.38. The van der Waals surface area contributed by atoms with Gasteiger partial charge in [-0.1, -0.05) is 36.4 Å². The number of hydrogen-bond donors (Lipinski definition) is 0. The van der Waals surface area contributed by atoms with Gasteiger partial charge in [0.2, 0.25) is 10.0 Å². The van der Waals surface area contributed by atoms with E-state index in [-0.39, 0.29) is 17.2 Å². The van der Waals surface area contributed by atoms with Crippen molar-refractivity contribution in [3.63, 3.8) is 0 Å². The third-order valence-electron chi connectivity index (χ3n) is 4.68. The maximum atomic E-state index is 12.8. The topological polar surface area (TPSA) is 85.8 Å². The van der Waals surface area contributed by atoms with E-state index in [1.807, 2.05) is 30.3 Å². The van der Waals surface area contributed by atoms with Crippen LogP contribution in [-0.4, -0.2) is 50.0 Å². The Hall–Kier alpha value is -2.81. The second-order valence-electron chi connectivity index (χ2n) is 6.63. The van der Waals surface area contributed by atoms with Gasteiger partial charge >= 0.3 is 5.97 Å². The normalized spacial score (nSPS) is 15.3. The van der Waals surface area contributed by atoms with Crippen molar-refractivity contribution in [1.29, 1.82) is 0 Å². The van der Waals surface area contributed by atoms with Gasteiger partial charge in [0.25, 0.3) is 0 Å². The number of carbonyl (C=O) groups excluding carboxylic acids is 1. The number of hydrogen-bond acceptors (Lipinski definition) is 6. The van der Waals surface area contributed by atoms with Gasteiger partial charge in [0.15, 0.2) is 0 Å². The van der Waals surface area contributed by atoms with E-state index in [0.29, 0.717) is 37.4 Å². The minimum Gasteiger partial charge on any atom is -0.456 e. The first-order chi connectivity index (χ1) is 14.0. The molecule has 2 heterocycles. The Morgan fingerprint density at radius 1 is 1.03 bits per heavy atom. The molecule has 150 valence electrons. The number of benzene rings is 2. The first kappa shape index (κ1) is 19.5. The van der Waals surface area contributed by atoms with Gasteiger partial charge in [-0.2, -0.15) is 4.31 Å². The van der Waals surface area contributed by atoms with Crippen LogP contribution in [0.4, 0.5) is 0 Å². The quantitative estimate of drug-likeness (QED) is 0.599. The fourth-order valence-electron chi connectivity index (χ4n) is 3.13. The van der Waals surface area contributed by atoms with Gasteiger partial charge < -0.3 is 9.47 Å². The molecule has 0 atom stereocenters. The molecule has 29 heavy (non-hydrogen) atoms. The Balaban J connectivity index is 1.47. The summed E-state index contributed by atoms with van der Waals surface area (Å²) >= 11 is 0. The molecular formula is C21H20N2O5S. The van der Waals surface area contributed by atoms with Gasteiger partial charge in [0, 0.05) is 18.5 Å². The molecule has 0 radical (unpaired) electrons. The molecule has 1 saturated heterocycles. The molecule has 0 amide bonds. The Morgan fingerprint density at radius 2 is 1.83 bits per heavy atom. The molecule has 0 N–H and O–H groups in total. The lowest BCUT2D eigenvalue weighted by Gasteiger charge is -2.26. The van der Waals surface area contributed by atoms with E-state index in [1.165, 1.54) is 10.4 Å². The highest BCUT2D eigenvalue weighted by molar-refractivity contribution is 7.89. The van der Waals surface area contributed by atoms with Crippen molar-refractivity contribution >= 4 is 26.9 Å². The Morgan fingerprint density at radius 3 is 2.66 bits per heavy atom. The van der Waals surface area contributed by atoms with Crippen molar-refractivity contribution in [1.82, 2.24) is 9.29 Å². The SMILES string of the molecule is O=C(OCc1cccc(S(=O)(=O)N2CCOCC2)c1)c1ccc2ccccc2n1. The third-order valence-corrected chi connectivity index (χ3v) is 6.58. The number of fused-ring (bicyclic) bond motifs is 1. The minimum atomic E-state index is -3.60. The van der Waals surface area contributed by atoms with E-state index in [0.717, 1.165) is 5.39 Å². The lowest BCUT2D eigenvalue weighted by molar-refractivity contribution is 0.0466. The molecule has 0 saturated carbocycles. The molecule has 0 aliphatic carbocycles. The molecule has 2 aromatic carbocycles. The Bertz CT molecular complexity index is 1140. The first-order valence-electron chi connectivity index (χ1n) is 9.24. The standard InChI is InChI=1S/C21H20N2O5S/c24-21(20-9-8-17-5-1-2-7-19(17)22-20)28-15-16-4-3-6-18(14-16)29(25,26)23-10-12-27-13-11-23/h1-9,14H,10-13,15H2. The number of sulfonamides is 1. The molecule has 0 bridgehead atoms. The van der Waals surface area contributed by atoms with Gasteiger partial charge in [-0.05, 0) is 29.8 Å². The van der Waals surface area contributed by atoms with Crippen molar-refractivity contribution in [3.05, 3.63) is 71.9 Å². The van der Waals surface area contributed by atoms with Crippen LogP contribution in [0.2, 0.25) is 0 Å². The molecule has 4 rings (SSSR count). The number of morpholine rings is 1. The van der Waals surface area contributed by atoms with Crippen LogP contribution in [0.25, 0.3) is 10.9 Å². The van der Waals surface area contributed by atoms with Crippen molar-refractivity contribution in [2.45, 2.75) is 11.5 Å². The molecule has 7 nitrogen and oxygen atoms in total. The minimum absolute atomic E-state index is 0.0419. The summed E-state index contributed by atoms with van der Waals surface area (Å²) in [5.41, 5.74) is 1.51. The van der Waals surface area contributed by atoms with Crippen LogP contribution in [0.1, 0.15) is 16.1 Å². The average Bonchev–Trinajstić information content (AvgIpc) is 2.78. The summed E-state index contributed by atoms with van der Waals surface area (Å²) in [5.74, 6) is -0.558. The molecule has 1 aromatic heterocycles. The maximum Gasteiger partial charge on any atom is 0.357 e. The number of aromatic nitrogens is 1. The Labute approximate surface area is 168 Å². The predicted molar refractivity (Wildman–Crippen MR) is 107 cm³/mol. The third kappa shape index (κ3) is 4.29. The van der Waals surface area contributed by atoms with Crippen molar-refractivity contribution in [2.24, 2.45) is 0 Å². The molecule has 0 spiro atoms.